The van der Waals surface area contributed by atoms with E-state index >= 15 is 0 Å². The minimum Gasteiger partial charge on any atom is -0.497 e. The summed E-state index contributed by atoms with van der Waals surface area (Å²) in [5.74, 6) is -0.405. The summed E-state index contributed by atoms with van der Waals surface area (Å²) in [6.07, 6.45) is 0. The van der Waals surface area contributed by atoms with E-state index in [2.05, 4.69) is 5.32 Å². The van der Waals surface area contributed by atoms with E-state index in [-0.39, 0.29) is 17.3 Å². The smallest absolute Gasteiger partial charge is 0.264 e. The minimum atomic E-state index is -4.15. The topological polar surface area (TPSA) is 96.0 Å². The standard InChI is InChI=1S/C29H34ClN3O5S/c1-21(28(35)31-29(2,3)4)32(19-22-10-9-11-23(30)18-22)27(34)20-33(24-12-7-6-8-13-24)39(36,37)26-16-14-25(38-5)15-17-26/h6-18,21H,19-20H2,1-5H3,(H,31,35)/t21-/m0/s1. The van der Waals surface area contributed by atoms with Gasteiger partial charge < -0.3 is 15.0 Å². The largest absolute Gasteiger partial charge is 0.497 e. The fourth-order valence-corrected chi connectivity index (χ4v) is 5.51. The molecule has 8 nitrogen and oxygen atoms in total. The van der Waals surface area contributed by atoms with Crippen molar-refractivity contribution in [3.63, 3.8) is 0 Å². The summed E-state index contributed by atoms with van der Waals surface area (Å²) >= 11 is 6.17. The highest BCUT2D eigenvalue weighted by molar-refractivity contribution is 7.92. The molecule has 10 heteroatoms. The van der Waals surface area contributed by atoms with E-state index in [4.69, 9.17) is 16.3 Å². The van der Waals surface area contributed by atoms with E-state index in [1.807, 2.05) is 20.8 Å². The summed E-state index contributed by atoms with van der Waals surface area (Å²) in [7, 11) is -2.66. The number of nitrogens with one attached hydrogen (secondary N) is 1. The zero-order valence-corrected chi connectivity index (χ0v) is 24.3. The number of hydrogen-bond donors (Lipinski definition) is 1. The molecule has 0 aliphatic rings. The van der Waals surface area contributed by atoms with Crippen molar-refractivity contribution >= 4 is 39.1 Å². The molecule has 0 saturated carbocycles. The number of rotatable bonds is 10. The summed E-state index contributed by atoms with van der Waals surface area (Å²) < 4.78 is 33.8. The molecule has 0 radical (unpaired) electrons. The van der Waals surface area contributed by atoms with E-state index in [0.29, 0.717) is 22.0 Å². The van der Waals surface area contributed by atoms with Crippen molar-refractivity contribution in [2.45, 2.75) is 50.7 Å². The van der Waals surface area contributed by atoms with Crippen LogP contribution in [0.15, 0.2) is 83.8 Å². The number of para-hydroxylation sites is 1. The van der Waals surface area contributed by atoms with Crippen LogP contribution in [-0.4, -0.2) is 50.4 Å². The predicted octanol–water partition coefficient (Wildman–Crippen LogP) is 4.88. The third kappa shape index (κ3) is 7.97. The van der Waals surface area contributed by atoms with Crippen LogP contribution in [0.1, 0.15) is 33.3 Å². The number of carbonyl (C=O) groups is 2. The molecule has 1 atom stereocenters. The van der Waals surface area contributed by atoms with Crippen LogP contribution in [0.25, 0.3) is 0 Å². The molecule has 1 N–H and O–H groups in total. The lowest BCUT2D eigenvalue weighted by molar-refractivity contribution is -0.140. The van der Waals surface area contributed by atoms with E-state index in [0.717, 1.165) is 4.31 Å². The molecule has 0 spiro atoms. The van der Waals surface area contributed by atoms with Crippen LogP contribution < -0.4 is 14.4 Å². The second-order valence-corrected chi connectivity index (χ2v) is 12.4. The Morgan fingerprint density at radius 1 is 0.974 bits per heavy atom. The normalized spacial score (nSPS) is 12.4. The van der Waals surface area contributed by atoms with Gasteiger partial charge in [-0.3, -0.25) is 13.9 Å². The third-order valence-corrected chi connectivity index (χ3v) is 7.90. The SMILES string of the molecule is COc1ccc(S(=O)(=O)N(CC(=O)N(Cc2cccc(Cl)c2)[C@@H](C)C(=O)NC(C)(C)C)c2ccccc2)cc1. The van der Waals surface area contributed by atoms with Crippen LogP contribution in [0.2, 0.25) is 5.02 Å². The van der Waals surface area contributed by atoms with Crippen molar-refractivity contribution in [2.75, 3.05) is 18.0 Å². The highest BCUT2D eigenvalue weighted by Crippen LogP contribution is 2.26. The number of methoxy groups -OCH3 is 1. The highest BCUT2D eigenvalue weighted by atomic mass is 35.5. The van der Waals surface area contributed by atoms with Crippen LogP contribution in [-0.2, 0) is 26.2 Å². The van der Waals surface area contributed by atoms with Crippen molar-refractivity contribution in [1.82, 2.24) is 10.2 Å². The van der Waals surface area contributed by atoms with Crippen molar-refractivity contribution in [3.8, 4) is 5.75 Å². The molecular formula is C29H34ClN3O5S. The maximum atomic E-state index is 13.9. The molecule has 2 amide bonds. The first kappa shape index (κ1) is 30.0. The lowest BCUT2D eigenvalue weighted by Crippen LogP contribution is -2.54. The Kier molecular flexibility index (Phi) is 9.63. The zero-order chi connectivity index (χ0) is 28.8. The van der Waals surface area contributed by atoms with E-state index in [9.17, 15) is 18.0 Å². The summed E-state index contributed by atoms with van der Waals surface area (Å²) in [5.41, 5.74) is 0.496. The number of amides is 2. The zero-order valence-electron chi connectivity index (χ0n) is 22.7. The Hall–Kier alpha value is -3.56. The Bertz CT molecular complexity index is 1390. The number of benzene rings is 3. The van der Waals surface area contributed by atoms with Gasteiger partial charge in [-0.1, -0.05) is 41.9 Å². The molecule has 0 heterocycles. The molecule has 0 bridgehead atoms. The van der Waals surface area contributed by atoms with E-state index in [1.54, 1.807) is 73.7 Å². The molecule has 0 aliphatic heterocycles. The maximum Gasteiger partial charge on any atom is 0.264 e. The minimum absolute atomic E-state index is 0.000122. The van der Waals surface area contributed by atoms with Crippen molar-refractivity contribution in [2.24, 2.45) is 0 Å². The summed E-state index contributed by atoms with van der Waals surface area (Å²) in [6.45, 7) is 6.70. The fourth-order valence-electron chi connectivity index (χ4n) is 3.89. The number of sulfonamides is 1. The van der Waals surface area contributed by atoms with Gasteiger partial charge in [0.1, 0.15) is 18.3 Å². The number of ether oxygens (including phenoxy) is 1. The number of carbonyl (C=O) groups excluding carboxylic acids is 2. The van der Waals surface area contributed by atoms with Gasteiger partial charge in [-0.15, -0.1) is 0 Å². The van der Waals surface area contributed by atoms with Gasteiger partial charge in [0.2, 0.25) is 11.8 Å². The van der Waals surface area contributed by atoms with Crippen LogP contribution in [0, 0.1) is 0 Å². The van der Waals surface area contributed by atoms with Gasteiger partial charge in [-0.05, 0) is 81.8 Å². The molecule has 0 aromatic heterocycles. The first-order chi connectivity index (χ1) is 18.3. The van der Waals surface area contributed by atoms with Gasteiger partial charge in [-0.2, -0.15) is 0 Å². The van der Waals surface area contributed by atoms with Crippen LogP contribution >= 0.6 is 11.6 Å². The van der Waals surface area contributed by atoms with Gasteiger partial charge in [0.15, 0.2) is 0 Å². The average molecular weight is 572 g/mol. The Balaban J connectivity index is 2.01. The highest BCUT2D eigenvalue weighted by Gasteiger charge is 2.33. The van der Waals surface area contributed by atoms with E-state index in [1.165, 1.54) is 24.1 Å². The maximum absolute atomic E-state index is 13.9. The van der Waals surface area contributed by atoms with Gasteiger partial charge in [0, 0.05) is 17.1 Å². The summed E-state index contributed by atoms with van der Waals surface area (Å²) in [5, 5.41) is 3.39. The molecule has 3 aromatic rings. The lowest BCUT2D eigenvalue weighted by Gasteiger charge is -2.33. The second-order valence-electron chi connectivity index (χ2n) is 10.1. The molecule has 39 heavy (non-hydrogen) atoms. The Morgan fingerprint density at radius 2 is 1.62 bits per heavy atom. The molecule has 0 unspecified atom stereocenters. The molecule has 0 aliphatic carbocycles. The number of hydrogen-bond acceptors (Lipinski definition) is 5. The van der Waals surface area contributed by atoms with E-state index < -0.39 is 34.1 Å². The molecular weight excluding hydrogens is 538 g/mol. The predicted molar refractivity (Wildman–Crippen MR) is 153 cm³/mol. The van der Waals surface area contributed by atoms with Crippen LogP contribution in [0.5, 0.6) is 5.75 Å². The first-order valence-electron chi connectivity index (χ1n) is 12.4. The quantitative estimate of drug-likeness (QED) is 0.374. The molecule has 0 saturated heterocycles. The van der Waals surface area contributed by atoms with Crippen LogP contribution in [0.4, 0.5) is 5.69 Å². The average Bonchev–Trinajstić information content (AvgIpc) is 2.89. The Labute approximate surface area is 235 Å². The molecule has 208 valence electrons. The molecule has 3 rings (SSSR count). The first-order valence-corrected chi connectivity index (χ1v) is 14.2. The number of nitrogens with zero attached hydrogens (tertiary/aromatic N) is 2. The van der Waals surface area contributed by atoms with Gasteiger partial charge >= 0.3 is 0 Å². The van der Waals surface area contributed by atoms with Gasteiger partial charge in [0.25, 0.3) is 10.0 Å². The van der Waals surface area contributed by atoms with Crippen molar-refractivity contribution in [1.29, 1.82) is 0 Å². The lowest BCUT2D eigenvalue weighted by atomic mass is 10.1. The van der Waals surface area contributed by atoms with Gasteiger partial charge in [-0.25, -0.2) is 8.42 Å². The monoisotopic (exact) mass is 571 g/mol. The van der Waals surface area contributed by atoms with Gasteiger partial charge in [0.05, 0.1) is 17.7 Å². The fraction of sp³-hybridized carbons (Fsp3) is 0.310. The number of anilines is 1. The summed E-state index contributed by atoms with van der Waals surface area (Å²) in [4.78, 5) is 28.4. The number of halogens is 1. The Morgan fingerprint density at radius 3 is 2.18 bits per heavy atom. The third-order valence-electron chi connectivity index (χ3n) is 5.88. The molecule has 3 aromatic carbocycles. The van der Waals surface area contributed by atoms with Crippen molar-refractivity contribution < 1.29 is 22.7 Å². The van der Waals surface area contributed by atoms with Crippen LogP contribution in [0.3, 0.4) is 0 Å². The second kappa shape index (κ2) is 12.5. The molecule has 0 fully saturated rings. The summed E-state index contributed by atoms with van der Waals surface area (Å²) in [6, 6.07) is 20.4. The van der Waals surface area contributed by atoms with Crippen molar-refractivity contribution in [3.05, 3.63) is 89.4 Å².